The molecule has 3 unspecified atom stereocenters. The molecule has 0 aliphatic carbocycles. The van der Waals surface area contributed by atoms with Crippen LogP contribution in [-0.2, 0) is 18.4 Å². The van der Waals surface area contributed by atoms with Gasteiger partial charge in [0.1, 0.15) is 13.2 Å². The molecule has 0 aromatic rings. The summed E-state index contributed by atoms with van der Waals surface area (Å²) in [7, 11) is 1.63. The molecule has 1 amide bonds. The topological polar surface area (TPSA) is 105 Å². The van der Waals surface area contributed by atoms with Gasteiger partial charge >= 0.3 is 7.82 Å². The SMILES string of the molecule is CC/C=C\C/C=C\C/C=C\C/C=C\C/C=C\CCCCCCCCCCCCCCCCCCCCCC(=O)NC(COP(=O)(O)OCC[N+](C)(C)C)C(O)CCCCCCCCCCCCCCCCCCCCCCCCCC. The lowest BCUT2D eigenvalue weighted by molar-refractivity contribution is -0.870. The fraction of sp³-hybridized carbons (Fsp3) is 0.847. The van der Waals surface area contributed by atoms with Crippen molar-refractivity contribution in [1.29, 1.82) is 0 Å². The molecule has 0 saturated heterocycles. The molecule has 0 saturated carbocycles. The molecule has 9 heteroatoms. The Balaban J connectivity index is 3.99. The standard InChI is InChI=1S/C72H137N2O6P/c1-6-8-10-12-14-16-18-20-22-24-26-28-30-32-33-34-35-36-37-38-39-40-41-42-44-46-48-50-52-54-56-58-60-62-64-66-72(76)73-70(69-80-81(77,78)79-68-67-74(3,4)5)71(75)65-63-61-59-57-55-53-51-49-47-45-43-31-29-27-25-23-21-19-17-15-13-11-9-7-2/h8,10,14,16,20,22,26,28,32-33,70-71,75H,6-7,9,11-13,15,17-19,21,23-25,27,29-31,34-69H2,1-5H3,(H-,73,76,77,78)/p+1/b10-8-,16-14-,22-20-,28-26-,33-32-. The highest BCUT2D eigenvalue weighted by atomic mass is 31.2. The number of aliphatic hydroxyl groups is 1. The molecule has 0 aromatic heterocycles. The fourth-order valence-corrected chi connectivity index (χ4v) is 11.3. The van der Waals surface area contributed by atoms with E-state index < -0.39 is 20.0 Å². The van der Waals surface area contributed by atoms with Crippen LogP contribution in [0.3, 0.4) is 0 Å². The summed E-state index contributed by atoms with van der Waals surface area (Å²) in [6.07, 6.45) is 86.1. The largest absolute Gasteiger partial charge is 0.472 e. The van der Waals surface area contributed by atoms with E-state index in [-0.39, 0.29) is 19.1 Å². The number of hydrogen-bond donors (Lipinski definition) is 3. The van der Waals surface area contributed by atoms with E-state index in [4.69, 9.17) is 9.05 Å². The Kier molecular flexibility index (Phi) is 61.3. The van der Waals surface area contributed by atoms with Crippen molar-refractivity contribution in [3.05, 3.63) is 60.8 Å². The van der Waals surface area contributed by atoms with E-state index in [9.17, 15) is 19.4 Å². The first-order chi connectivity index (χ1) is 39.5. The molecule has 81 heavy (non-hydrogen) atoms. The van der Waals surface area contributed by atoms with Crippen LogP contribution >= 0.6 is 7.82 Å². The lowest BCUT2D eigenvalue weighted by Gasteiger charge is -2.26. The maximum atomic E-state index is 13.1. The lowest BCUT2D eigenvalue weighted by Crippen LogP contribution is -2.46. The highest BCUT2D eigenvalue weighted by molar-refractivity contribution is 7.47. The summed E-state index contributed by atoms with van der Waals surface area (Å²) < 4.78 is 23.9. The van der Waals surface area contributed by atoms with E-state index in [0.29, 0.717) is 23.9 Å². The average molecular weight is 1160 g/mol. The number of phosphoric ester groups is 1. The molecule has 0 aromatic carbocycles. The normalized spacial score (nSPS) is 14.0. The van der Waals surface area contributed by atoms with Crippen molar-refractivity contribution in [2.45, 2.75) is 353 Å². The smallest absolute Gasteiger partial charge is 0.391 e. The third kappa shape index (κ3) is 65.6. The summed E-state index contributed by atoms with van der Waals surface area (Å²) in [5.41, 5.74) is 0. The van der Waals surface area contributed by atoms with Gasteiger partial charge in [0, 0.05) is 6.42 Å². The summed E-state index contributed by atoms with van der Waals surface area (Å²) in [6.45, 7) is 4.82. The molecule has 0 aliphatic rings. The quantitative estimate of drug-likeness (QED) is 0.0243. The first-order valence-electron chi connectivity index (χ1n) is 35.2. The van der Waals surface area contributed by atoms with Gasteiger partial charge in [-0.2, -0.15) is 0 Å². The number of rotatable bonds is 65. The minimum Gasteiger partial charge on any atom is -0.391 e. The van der Waals surface area contributed by atoms with Gasteiger partial charge in [-0.1, -0.05) is 338 Å². The zero-order valence-electron chi connectivity index (χ0n) is 54.5. The third-order valence-corrected chi connectivity index (χ3v) is 17.0. The predicted molar refractivity (Wildman–Crippen MR) is 355 cm³/mol. The van der Waals surface area contributed by atoms with Crippen molar-refractivity contribution in [3.8, 4) is 0 Å². The summed E-state index contributed by atoms with van der Waals surface area (Å²) in [6, 6.07) is -0.762. The Morgan fingerprint density at radius 3 is 1.09 bits per heavy atom. The van der Waals surface area contributed by atoms with Gasteiger partial charge in [0.2, 0.25) is 5.91 Å². The number of phosphoric acid groups is 1. The number of nitrogens with one attached hydrogen (secondary N) is 1. The number of amides is 1. The molecule has 0 heterocycles. The maximum absolute atomic E-state index is 13.1. The van der Waals surface area contributed by atoms with Gasteiger partial charge < -0.3 is 19.8 Å². The first-order valence-corrected chi connectivity index (χ1v) is 36.6. The van der Waals surface area contributed by atoms with Crippen LogP contribution in [0.4, 0.5) is 0 Å². The van der Waals surface area contributed by atoms with E-state index in [1.54, 1.807) is 0 Å². The zero-order chi connectivity index (χ0) is 59.1. The Bertz CT molecular complexity index is 1500. The molecule has 0 spiro atoms. The summed E-state index contributed by atoms with van der Waals surface area (Å²) in [4.78, 5) is 23.5. The van der Waals surface area contributed by atoms with Gasteiger partial charge in [0.25, 0.3) is 0 Å². The van der Waals surface area contributed by atoms with E-state index in [0.717, 1.165) is 70.6 Å². The Labute approximate surface area is 504 Å². The van der Waals surface area contributed by atoms with Crippen molar-refractivity contribution < 1.29 is 32.9 Å². The van der Waals surface area contributed by atoms with Gasteiger partial charge in [0.05, 0.1) is 39.9 Å². The molecule has 0 bridgehead atoms. The molecule has 3 atom stereocenters. The second-order valence-corrected chi connectivity index (χ2v) is 26.7. The molecular weight excluding hydrogens is 1020 g/mol. The fourth-order valence-electron chi connectivity index (χ4n) is 10.6. The predicted octanol–water partition coefficient (Wildman–Crippen LogP) is 22.4. The highest BCUT2D eigenvalue weighted by Crippen LogP contribution is 2.43. The number of aliphatic hydroxyl groups excluding tert-OH is 1. The number of nitrogens with zero attached hydrogens (tertiary/aromatic N) is 1. The van der Waals surface area contributed by atoms with Crippen molar-refractivity contribution in [1.82, 2.24) is 5.32 Å². The Morgan fingerprint density at radius 2 is 0.741 bits per heavy atom. The molecule has 0 fully saturated rings. The van der Waals surface area contributed by atoms with Crippen LogP contribution in [0.25, 0.3) is 0 Å². The van der Waals surface area contributed by atoms with Crippen molar-refractivity contribution in [2.75, 3.05) is 40.9 Å². The van der Waals surface area contributed by atoms with E-state index in [1.165, 1.54) is 244 Å². The van der Waals surface area contributed by atoms with Crippen molar-refractivity contribution in [2.24, 2.45) is 0 Å². The van der Waals surface area contributed by atoms with Gasteiger partial charge in [0.15, 0.2) is 0 Å². The number of carbonyl (C=O) groups excluding carboxylic acids is 1. The maximum Gasteiger partial charge on any atom is 0.472 e. The van der Waals surface area contributed by atoms with E-state index in [1.807, 2.05) is 21.1 Å². The monoisotopic (exact) mass is 1160 g/mol. The molecule has 8 nitrogen and oxygen atoms in total. The van der Waals surface area contributed by atoms with Crippen molar-refractivity contribution in [3.63, 3.8) is 0 Å². The summed E-state index contributed by atoms with van der Waals surface area (Å²) >= 11 is 0. The first kappa shape index (κ1) is 79.2. The number of likely N-dealkylation sites (N-methyl/N-ethyl adjacent to an activating group) is 1. The van der Waals surface area contributed by atoms with Gasteiger partial charge in [-0.05, 0) is 57.8 Å². The number of hydrogen-bond acceptors (Lipinski definition) is 5. The molecule has 3 N–H and O–H groups in total. The van der Waals surface area contributed by atoms with Crippen molar-refractivity contribution >= 4 is 13.7 Å². The van der Waals surface area contributed by atoms with Crippen LogP contribution in [0, 0.1) is 0 Å². The summed E-state index contributed by atoms with van der Waals surface area (Å²) in [5, 5.41) is 14.2. The second kappa shape index (κ2) is 62.7. The number of quaternary nitrogens is 1. The van der Waals surface area contributed by atoms with Crippen LogP contribution in [-0.4, -0.2) is 73.4 Å². The molecule has 0 radical (unpaired) electrons. The zero-order valence-corrected chi connectivity index (χ0v) is 55.4. The van der Waals surface area contributed by atoms with Gasteiger partial charge in [-0.15, -0.1) is 0 Å². The van der Waals surface area contributed by atoms with Crippen LogP contribution in [0.1, 0.15) is 341 Å². The minimum atomic E-state index is -4.33. The van der Waals surface area contributed by atoms with E-state index in [2.05, 4.69) is 79.9 Å². The van der Waals surface area contributed by atoms with Gasteiger partial charge in [-0.3, -0.25) is 13.8 Å². The molecule has 0 rings (SSSR count). The second-order valence-electron chi connectivity index (χ2n) is 25.2. The van der Waals surface area contributed by atoms with Crippen LogP contribution < -0.4 is 5.32 Å². The third-order valence-electron chi connectivity index (χ3n) is 16.0. The van der Waals surface area contributed by atoms with Crippen LogP contribution in [0.5, 0.6) is 0 Å². The number of allylic oxidation sites excluding steroid dienone is 10. The average Bonchev–Trinajstić information content (AvgIpc) is 3.43. The Morgan fingerprint density at radius 1 is 0.432 bits per heavy atom. The molecular formula is C72H138N2O6P+. The highest BCUT2D eigenvalue weighted by Gasteiger charge is 2.28. The van der Waals surface area contributed by atoms with E-state index >= 15 is 0 Å². The number of unbranched alkanes of at least 4 members (excludes halogenated alkanes) is 42. The summed E-state index contributed by atoms with van der Waals surface area (Å²) in [5.74, 6) is -0.139. The van der Waals surface area contributed by atoms with Crippen LogP contribution in [0.2, 0.25) is 0 Å². The van der Waals surface area contributed by atoms with Crippen LogP contribution in [0.15, 0.2) is 60.8 Å². The molecule has 0 aliphatic heterocycles. The molecule has 476 valence electrons. The Hall–Kier alpha value is -1.80. The lowest BCUT2D eigenvalue weighted by atomic mass is 10.0. The van der Waals surface area contributed by atoms with Gasteiger partial charge in [-0.25, -0.2) is 4.57 Å². The number of carbonyl (C=O) groups is 1. The minimum absolute atomic E-state index is 0.0756.